The van der Waals surface area contributed by atoms with Crippen LogP contribution in [0.5, 0.6) is 0 Å². The summed E-state index contributed by atoms with van der Waals surface area (Å²) in [5.74, 6) is 0.116. The number of carbonyl (C=O) groups excluding carboxylic acids is 1. The first kappa shape index (κ1) is 13.4. The Labute approximate surface area is 98.2 Å². The van der Waals surface area contributed by atoms with E-state index in [1.54, 1.807) is 0 Å². The summed E-state index contributed by atoms with van der Waals surface area (Å²) in [5.41, 5.74) is 0. The van der Waals surface area contributed by atoms with Gasteiger partial charge in [0.1, 0.15) is 0 Å². The zero-order valence-corrected chi connectivity index (χ0v) is 10.5. The molecule has 94 valence electrons. The second-order valence-electron chi connectivity index (χ2n) is 4.28. The maximum absolute atomic E-state index is 11.3. The Balaban J connectivity index is 2.08. The van der Waals surface area contributed by atoms with Gasteiger partial charge in [-0.15, -0.1) is 0 Å². The molecule has 0 aromatic carbocycles. The topological polar surface area (TPSA) is 47.6 Å². The average molecular weight is 228 g/mol. The molecule has 0 spiro atoms. The largest absolute Gasteiger partial charge is 0.355 e. The van der Waals surface area contributed by atoms with Crippen molar-refractivity contribution in [3.8, 4) is 0 Å². The molecule has 1 saturated heterocycles. The number of piperazine rings is 1. The lowest BCUT2D eigenvalue weighted by molar-refractivity contribution is -0.121. The lowest BCUT2D eigenvalue weighted by Gasteiger charge is -2.28. The number of rotatable bonds is 6. The van der Waals surface area contributed by atoms with E-state index in [9.17, 15) is 4.79 Å². The van der Waals surface area contributed by atoms with Crippen molar-refractivity contribution in [3.05, 3.63) is 0 Å². The van der Waals surface area contributed by atoms with Gasteiger partial charge in [-0.3, -0.25) is 14.6 Å². The molecule has 1 rings (SSSR count). The summed E-state index contributed by atoms with van der Waals surface area (Å²) in [6, 6.07) is 0. The highest BCUT2D eigenvalue weighted by Crippen LogP contribution is 1.92. The predicted octanol–water partition coefficient (Wildman–Crippen LogP) is -1.04. The summed E-state index contributed by atoms with van der Waals surface area (Å²) in [6.45, 7) is 9.57. The van der Waals surface area contributed by atoms with E-state index in [0.717, 1.165) is 39.3 Å². The van der Waals surface area contributed by atoms with Crippen molar-refractivity contribution >= 4 is 5.91 Å². The van der Waals surface area contributed by atoms with Crippen LogP contribution in [0.2, 0.25) is 0 Å². The molecule has 0 atom stereocenters. The fourth-order valence-electron chi connectivity index (χ4n) is 1.82. The smallest absolute Gasteiger partial charge is 0.234 e. The van der Waals surface area contributed by atoms with Gasteiger partial charge in [-0.25, -0.2) is 0 Å². The molecule has 5 nitrogen and oxygen atoms in total. The average Bonchev–Trinajstić information content (AvgIpc) is 2.28. The van der Waals surface area contributed by atoms with Crippen molar-refractivity contribution in [2.75, 3.05) is 59.4 Å². The van der Waals surface area contributed by atoms with E-state index in [2.05, 4.69) is 20.4 Å². The molecule has 0 aromatic heterocycles. The molecular formula is C11H24N4O. The standard InChI is InChI=1S/C11H24N4O/c1-3-13-11(16)10-14(2)8-9-15-6-4-12-5-7-15/h12H,3-10H2,1-2H3,(H,13,16). The molecule has 0 saturated carbocycles. The Morgan fingerprint density at radius 2 is 2.12 bits per heavy atom. The number of amides is 1. The van der Waals surface area contributed by atoms with Crippen molar-refractivity contribution in [1.29, 1.82) is 0 Å². The molecule has 0 aliphatic carbocycles. The number of nitrogens with one attached hydrogen (secondary N) is 2. The highest BCUT2D eigenvalue weighted by molar-refractivity contribution is 5.77. The molecule has 1 heterocycles. The molecule has 1 aliphatic heterocycles. The fraction of sp³-hybridized carbons (Fsp3) is 0.909. The van der Waals surface area contributed by atoms with Gasteiger partial charge in [-0.1, -0.05) is 0 Å². The van der Waals surface area contributed by atoms with E-state index in [0.29, 0.717) is 13.1 Å². The van der Waals surface area contributed by atoms with Gasteiger partial charge >= 0.3 is 0 Å². The van der Waals surface area contributed by atoms with Crippen LogP contribution in [0.3, 0.4) is 0 Å². The van der Waals surface area contributed by atoms with E-state index in [1.807, 2.05) is 14.0 Å². The number of hydrogen-bond donors (Lipinski definition) is 2. The fourth-order valence-corrected chi connectivity index (χ4v) is 1.82. The van der Waals surface area contributed by atoms with Crippen molar-refractivity contribution in [1.82, 2.24) is 20.4 Å². The maximum Gasteiger partial charge on any atom is 0.234 e. The highest BCUT2D eigenvalue weighted by Gasteiger charge is 2.11. The summed E-state index contributed by atoms with van der Waals surface area (Å²) >= 11 is 0. The summed E-state index contributed by atoms with van der Waals surface area (Å²) < 4.78 is 0. The summed E-state index contributed by atoms with van der Waals surface area (Å²) in [5, 5.41) is 6.14. The Hall–Kier alpha value is -0.650. The van der Waals surface area contributed by atoms with Gasteiger partial charge in [-0.05, 0) is 14.0 Å². The Morgan fingerprint density at radius 1 is 1.44 bits per heavy atom. The molecule has 1 aliphatic rings. The second kappa shape index (κ2) is 7.60. The van der Waals surface area contributed by atoms with Crippen LogP contribution in [0, 0.1) is 0 Å². The molecule has 16 heavy (non-hydrogen) atoms. The molecule has 0 unspecified atom stereocenters. The van der Waals surface area contributed by atoms with Gasteiger partial charge < -0.3 is 10.6 Å². The lowest BCUT2D eigenvalue weighted by Crippen LogP contribution is -2.46. The number of hydrogen-bond acceptors (Lipinski definition) is 4. The van der Waals surface area contributed by atoms with Gasteiger partial charge in [0, 0.05) is 45.8 Å². The zero-order chi connectivity index (χ0) is 11.8. The van der Waals surface area contributed by atoms with Crippen molar-refractivity contribution in [3.63, 3.8) is 0 Å². The Bertz CT molecular complexity index is 204. The van der Waals surface area contributed by atoms with E-state index >= 15 is 0 Å². The van der Waals surface area contributed by atoms with Crippen LogP contribution in [-0.2, 0) is 4.79 Å². The van der Waals surface area contributed by atoms with E-state index in [-0.39, 0.29) is 5.91 Å². The number of carbonyl (C=O) groups is 1. The third-order valence-corrected chi connectivity index (χ3v) is 2.80. The third kappa shape index (κ3) is 5.44. The minimum Gasteiger partial charge on any atom is -0.355 e. The highest BCUT2D eigenvalue weighted by atomic mass is 16.1. The first-order chi connectivity index (χ1) is 7.72. The van der Waals surface area contributed by atoms with Crippen molar-refractivity contribution in [2.45, 2.75) is 6.92 Å². The van der Waals surface area contributed by atoms with Crippen LogP contribution >= 0.6 is 0 Å². The van der Waals surface area contributed by atoms with Gasteiger partial charge in [0.05, 0.1) is 6.54 Å². The number of nitrogens with zero attached hydrogens (tertiary/aromatic N) is 2. The Morgan fingerprint density at radius 3 is 2.75 bits per heavy atom. The maximum atomic E-state index is 11.3. The summed E-state index contributed by atoms with van der Waals surface area (Å²) in [7, 11) is 2.00. The summed E-state index contributed by atoms with van der Waals surface area (Å²) in [6.07, 6.45) is 0. The van der Waals surface area contributed by atoms with Crippen LogP contribution in [0.4, 0.5) is 0 Å². The van der Waals surface area contributed by atoms with Gasteiger partial charge in [0.25, 0.3) is 0 Å². The van der Waals surface area contributed by atoms with E-state index in [4.69, 9.17) is 0 Å². The SMILES string of the molecule is CCNC(=O)CN(C)CCN1CCNCC1. The molecule has 5 heteroatoms. The van der Waals surface area contributed by atoms with E-state index < -0.39 is 0 Å². The van der Waals surface area contributed by atoms with Crippen molar-refractivity contribution in [2.24, 2.45) is 0 Å². The monoisotopic (exact) mass is 228 g/mol. The zero-order valence-electron chi connectivity index (χ0n) is 10.5. The molecule has 0 aromatic rings. The molecule has 1 fully saturated rings. The third-order valence-electron chi connectivity index (χ3n) is 2.80. The quantitative estimate of drug-likeness (QED) is 0.610. The van der Waals surface area contributed by atoms with Gasteiger partial charge in [0.15, 0.2) is 0 Å². The van der Waals surface area contributed by atoms with Gasteiger partial charge in [0.2, 0.25) is 5.91 Å². The van der Waals surface area contributed by atoms with Gasteiger partial charge in [-0.2, -0.15) is 0 Å². The predicted molar refractivity (Wildman–Crippen MR) is 65.5 cm³/mol. The first-order valence-electron chi connectivity index (χ1n) is 6.10. The second-order valence-corrected chi connectivity index (χ2v) is 4.28. The first-order valence-corrected chi connectivity index (χ1v) is 6.10. The molecular weight excluding hydrogens is 204 g/mol. The number of likely N-dealkylation sites (N-methyl/N-ethyl adjacent to an activating group) is 2. The molecule has 0 bridgehead atoms. The molecule has 2 N–H and O–H groups in total. The minimum atomic E-state index is 0.116. The van der Waals surface area contributed by atoms with E-state index in [1.165, 1.54) is 0 Å². The molecule has 1 amide bonds. The van der Waals surface area contributed by atoms with Crippen LogP contribution in [0.25, 0.3) is 0 Å². The normalized spacial score (nSPS) is 17.7. The molecule has 0 radical (unpaired) electrons. The Kier molecular flexibility index (Phi) is 6.37. The van der Waals surface area contributed by atoms with Crippen LogP contribution in [0.15, 0.2) is 0 Å². The minimum absolute atomic E-state index is 0.116. The van der Waals surface area contributed by atoms with Crippen LogP contribution < -0.4 is 10.6 Å². The van der Waals surface area contributed by atoms with Crippen LogP contribution in [0.1, 0.15) is 6.92 Å². The summed E-state index contributed by atoms with van der Waals surface area (Å²) in [4.78, 5) is 15.8. The van der Waals surface area contributed by atoms with Crippen molar-refractivity contribution < 1.29 is 4.79 Å². The van der Waals surface area contributed by atoms with Crippen LogP contribution in [-0.4, -0.2) is 75.1 Å². The lowest BCUT2D eigenvalue weighted by atomic mass is 10.3.